The highest BCUT2D eigenvalue weighted by Crippen LogP contribution is 2.10. The van der Waals surface area contributed by atoms with Gasteiger partial charge in [-0.05, 0) is 40.5 Å². The summed E-state index contributed by atoms with van der Waals surface area (Å²) in [5.74, 6) is 0. The molecule has 1 atom stereocenters. The third-order valence-corrected chi connectivity index (χ3v) is 2.76. The Hall–Kier alpha value is -0.450. The molecular formula is C10H13BrN2O. The van der Waals surface area contributed by atoms with Crippen LogP contribution in [0.1, 0.15) is 12.0 Å². The highest BCUT2D eigenvalue weighted by atomic mass is 79.9. The van der Waals surface area contributed by atoms with Crippen LogP contribution in [-0.2, 0) is 11.3 Å². The minimum absolute atomic E-state index is 0.374. The quantitative estimate of drug-likeness (QED) is 0.837. The Kier molecular flexibility index (Phi) is 3.50. The summed E-state index contributed by atoms with van der Waals surface area (Å²) in [5.41, 5.74) is 1.13. The maximum absolute atomic E-state index is 5.71. The van der Waals surface area contributed by atoms with Crippen molar-refractivity contribution in [2.45, 2.75) is 19.1 Å². The number of nitrogens with one attached hydrogen (secondary N) is 1. The van der Waals surface area contributed by atoms with Gasteiger partial charge in [0, 0.05) is 12.7 Å². The molecule has 1 aromatic rings. The van der Waals surface area contributed by atoms with E-state index < -0.39 is 0 Å². The first kappa shape index (κ1) is 10.1. The SMILES string of the molecule is Brc1ccc(CO[C@H]2CCNC2)cn1. The molecular weight excluding hydrogens is 244 g/mol. The summed E-state index contributed by atoms with van der Waals surface area (Å²) in [7, 11) is 0. The summed E-state index contributed by atoms with van der Waals surface area (Å²) in [6.45, 7) is 2.71. The molecule has 0 saturated carbocycles. The molecule has 0 aliphatic carbocycles. The monoisotopic (exact) mass is 256 g/mol. The molecule has 1 saturated heterocycles. The van der Waals surface area contributed by atoms with Crippen molar-refractivity contribution in [3.8, 4) is 0 Å². The third-order valence-electron chi connectivity index (χ3n) is 2.29. The molecule has 2 heterocycles. The van der Waals surface area contributed by atoms with Gasteiger partial charge >= 0.3 is 0 Å². The number of pyridine rings is 1. The average molecular weight is 257 g/mol. The molecule has 0 aromatic carbocycles. The summed E-state index contributed by atoms with van der Waals surface area (Å²) in [5, 5.41) is 3.27. The fourth-order valence-corrected chi connectivity index (χ4v) is 1.71. The van der Waals surface area contributed by atoms with Gasteiger partial charge in [0.05, 0.1) is 12.7 Å². The van der Waals surface area contributed by atoms with Crippen molar-refractivity contribution >= 4 is 15.9 Å². The molecule has 1 fully saturated rings. The van der Waals surface area contributed by atoms with Crippen molar-refractivity contribution in [2.75, 3.05) is 13.1 Å². The molecule has 0 bridgehead atoms. The van der Waals surface area contributed by atoms with Gasteiger partial charge in [-0.15, -0.1) is 0 Å². The zero-order valence-corrected chi connectivity index (χ0v) is 9.46. The summed E-state index contributed by atoms with van der Waals surface area (Å²) in [4.78, 5) is 4.15. The van der Waals surface area contributed by atoms with Gasteiger partial charge in [0.25, 0.3) is 0 Å². The van der Waals surface area contributed by atoms with Crippen LogP contribution in [0.4, 0.5) is 0 Å². The van der Waals surface area contributed by atoms with Crippen LogP contribution < -0.4 is 5.32 Å². The van der Waals surface area contributed by atoms with Gasteiger partial charge in [0.2, 0.25) is 0 Å². The second-order valence-corrected chi connectivity index (χ2v) is 4.23. The smallest absolute Gasteiger partial charge is 0.106 e. The first-order chi connectivity index (χ1) is 6.84. The number of hydrogen-bond donors (Lipinski definition) is 1. The Morgan fingerprint density at radius 2 is 2.50 bits per heavy atom. The van der Waals surface area contributed by atoms with Crippen molar-refractivity contribution < 1.29 is 4.74 Å². The van der Waals surface area contributed by atoms with Crippen LogP contribution in [0.5, 0.6) is 0 Å². The zero-order valence-electron chi connectivity index (χ0n) is 7.87. The van der Waals surface area contributed by atoms with Crippen LogP contribution in [-0.4, -0.2) is 24.2 Å². The Morgan fingerprint density at radius 1 is 1.57 bits per heavy atom. The summed E-state index contributed by atoms with van der Waals surface area (Å²) in [6.07, 6.45) is 3.33. The van der Waals surface area contributed by atoms with E-state index in [1.807, 2.05) is 18.3 Å². The van der Waals surface area contributed by atoms with Gasteiger partial charge in [-0.1, -0.05) is 6.07 Å². The lowest BCUT2D eigenvalue weighted by molar-refractivity contribution is 0.0540. The molecule has 1 aromatic heterocycles. The van der Waals surface area contributed by atoms with Crippen LogP contribution in [0.2, 0.25) is 0 Å². The van der Waals surface area contributed by atoms with Gasteiger partial charge in [0.1, 0.15) is 4.60 Å². The van der Waals surface area contributed by atoms with Gasteiger partial charge < -0.3 is 10.1 Å². The second kappa shape index (κ2) is 4.87. The predicted molar refractivity (Wildman–Crippen MR) is 58.0 cm³/mol. The molecule has 2 rings (SSSR count). The lowest BCUT2D eigenvalue weighted by atomic mass is 10.3. The molecule has 0 unspecified atom stereocenters. The number of rotatable bonds is 3. The molecule has 1 aliphatic heterocycles. The van der Waals surface area contributed by atoms with Gasteiger partial charge in [0.15, 0.2) is 0 Å². The predicted octanol–water partition coefficient (Wildman–Crippen LogP) is 1.72. The molecule has 3 nitrogen and oxygen atoms in total. The third kappa shape index (κ3) is 2.77. The molecule has 4 heteroatoms. The Labute approximate surface area is 92.0 Å². The van der Waals surface area contributed by atoms with E-state index in [2.05, 4.69) is 26.2 Å². The standard InChI is InChI=1S/C10H13BrN2O/c11-10-2-1-8(5-13-10)7-14-9-3-4-12-6-9/h1-2,5,9,12H,3-4,6-7H2/t9-/m0/s1. The lowest BCUT2D eigenvalue weighted by Crippen LogP contribution is -2.16. The van der Waals surface area contributed by atoms with E-state index in [-0.39, 0.29) is 0 Å². The van der Waals surface area contributed by atoms with E-state index in [9.17, 15) is 0 Å². The molecule has 0 spiro atoms. The minimum Gasteiger partial charge on any atom is -0.372 e. The number of aromatic nitrogens is 1. The molecule has 0 amide bonds. The fourth-order valence-electron chi connectivity index (χ4n) is 1.48. The van der Waals surface area contributed by atoms with Crippen molar-refractivity contribution in [3.63, 3.8) is 0 Å². The van der Waals surface area contributed by atoms with Gasteiger partial charge in [-0.3, -0.25) is 0 Å². The van der Waals surface area contributed by atoms with Crippen LogP contribution in [0, 0.1) is 0 Å². The van der Waals surface area contributed by atoms with Crippen LogP contribution in [0.3, 0.4) is 0 Å². The van der Waals surface area contributed by atoms with E-state index >= 15 is 0 Å². The largest absolute Gasteiger partial charge is 0.372 e. The van der Waals surface area contributed by atoms with Crippen molar-refractivity contribution in [1.82, 2.24) is 10.3 Å². The molecule has 14 heavy (non-hydrogen) atoms. The van der Waals surface area contributed by atoms with Gasteiger partial charge in [-0.2, -0.15) is 0 Å². The zero-order chi connectivity index (χ0) is 9.80. The lowest BCUT2D eigenvalue weighted by Gasteiger charge is -2.09. The number of hydrogen-bond acceptors (Lipinski definition) is 3. The maximum atomic E-state index is 5.71. The van der Waals surface area contributed by atoms with Crippen LogP contribution in [0.15, 0.2) is 22.9 Å². The molecule has 0 radical (unpaired) electrons. The van der Waals surface area contributed by atoms with E-state index in [0.717, 1.165) is 29.7 Å². The summed E-state index contributed by atoms with van der Waals surface area (Å²) < 4.78 is 6.58. The van der Waals surface area contributed by atoms with E-state index in [4.69, 9.17) is 4.74 Å². The van der Waals surface area contributed by atoms with Crippen LogP contribution in [0.25, 0.3) is 0 Å². The summed E-state index contributed by atoms with van der Waals surface area (Å²) in [6, 6.07) is 3.96. The number of nitrogens with zero attached hydrogens (tertiary/aromatic N) is 1. The fraction of sp³-hybridized carbons (Fsp3) is 0.500. The maximum Gasteiger partial charge on any atom is 0.106 e. The van der Waals surface area contributed by atoms with Crippen molar-refractivity contribution in [1.29, 1.82) is 0 Å². The molecule has 76 valence electrons. The molecule has 1 N–H and O–H groups in total. The minimum atomic E-state index is 0.374. The second-order valence-electron chi connectivity index (χ2n) is 3.41. The highest BCUT2D eigenvalue weighted by molar-refractivity contribution is 9.10. The molecule has 1 aliphatic rings. The Balaban J connectivity index is 1.82. The topological polar surface area (TPSA) is 34.1 Å². The Morgan fingerprint density at radius 3 is 3.14 bits per heavy atom. The number of ether oxygens (including phenoxy) is 1. The van der Waals surface area contributed by atoms with Crippen molar-refractivity contribution in [3.05, 3.63) is 28.5 Å². The van der Waals surface area contributed by atoms with E-state index in [0.29, 0.717) is 12.7 Å². The van der Waals surface area contributed by atoms with E-state index in [1.54, 1.807) is 0 Å². The normalized spacial score (nSPS) is 21.4. The van der Waals surface area contributed by atoms with E-state index in [1.165, 1.54) is 0 Å². The van der Waals surface area contributed by atoms with Crippen molar-refractivity contribution in [2.24, 2.45) is 0 Å². The van der Waals surface area contributed by atoms with Crippen LogP contribution >= 0.6 is 15.9 Å². The number of halogens is 1. The average Bonchev–Trinajstić information content (AvgIpc) is 2.70. The first-order valence-electron chi connectivity index (χ1n) is 4.77. The summed E-state index contributed by atoms with van der Waals surface area (Å²) >= 11 is 3.30. The first-order valence-corrected chi connectivity index (χ1v) is 5.56. The Bertz CT molecular complexity index is 283. The van der Waals surface area contributed by atoms with Gasteiger partial charge in [-0.25, -0.2) is 4.98 Å². The highest BCUT2D eigenvalue weighted by Gasteiger charge is 2.14.